The zero-order valence-electron chi connectivity index (χ0n) is 16.3. The first-order chi connectivity index (χ1) is 14.7. The Hall–Kier alpha value is -1.95. The quantitative estimate of drug-likeness (QED) is 0.448. The molecule has 1 unspecified atom stereocenters. The fraction of sp³-hybridized carbons (Fsp3) is 0.227. The van der Waals surface area contributed by atoms with E-state index in [2.05, 4.69) is 5.32 Å². The SMILES string of the molecule is COc1cccc(C=CNC(=O)C(c2csc3ccc(Cl)cc23)P2OCCCO2)c1. The van der Waals surface area contributed by atoms with Crippen LogP contribution in [0.1, 0.15) is 23.2 Å². The molecule has 0 bridgehead atoms. The van der Waals surface area contributed by atoms with Crippen molar-refractivity contribution in [1.82, 2.24) is 5.32 Å². The number of rotatable bonds is 6. The van der Waals surface area contributed by atoms with Gasteiger partial charge in [0, 0.05) is 15.9 Å². The summed E-state index contributed by atoms with van der Waals surface area (Å²) in [6.45, 7) is 1.19. The first-order valence-corrected chi connectivity index (χ1v) is 12.0. The highest BCUT2D eigenvalue weighted by molar-refractivity contribution is 7.49. The van der Waals surface area contributed by atoms with Crippen molar-refractivity contribution >= 4 is 53.4 Å². The molecule has 30 heavy (non-hydrogen) atoms. The first-order valence-electron chi connectivity index (χ1n) is 9.48. The van der Waals surface area contributed by atoms with Crippen LogP contribution in [0.5, 0.6) is 5.75 Å². The zero-order valence-corrected chi connectivity index (χ0v) is 18.8. The summed E-state index contributed by atoms with van der Waals surface area (Å²) in [4.78, 5) is 13.2. The van der Waals surface area contributed by atoms with Crippen molar-refractivity contribution in [2.45, 2.75) is 12.1 Å². The minimum absolute atomic E-state index is 0.165. The van der Waals surface area contributed by atoms with Crippen molar-refractivity contribution in [2.75, 3.05) is 20.3 Å². The maximum atomic E-state index is 13.2. The Bertz CT molecular complexity index is 1060. The number of carbonyl (C=O) groups excluding carboxylic acids is 1. The standard InChI is InChI=1S/C22H21ClNO4PS/c1-26-17-5-2-4-15(12-17)8-9-24-22(25)21(29-27-10-3-11-28-29)19-14-30-20-7-6-16(23)13-18(19)20/h2,4-9,12-14,21H,3,10-11H2,1H3,(H,24,25). The Balaban J connectivity index is 1.59. The van der Waals surface area contributed by atoms with Gasteiger partial charge >= 0.3 is 0 Å². The number of nitrogens with one attached hydrogen (secondary N) is 1. The minimum atomic E-state index is -1.39. The number of fused-ring (bicyclic) bond motifs is 1. The molecule has 5 nitrogen and oxygen atoms in total. The summed E-state index contributed by atoms with van der Waals surface area (Å²) in [6, 6.07) is 13.3. The molecule has 1 atom stereocenters. The third-order valence-corrected chi connectivity index (χ3v) is 7.67. The van der Waals surface area contributed by atoms with Gasteiger partial charge in [0.1, 0.15) is 11.4 Å². The van der Waals surface area contributed by atoms with Crippen LogP contribution in [0.2, 0.25) is 5.02 Å². The lowest BCUT2D eigenvalue weighted by Gasteiger charge is -2.28. The Morgan fingerprint density at radius 3 is 2.90 bits per heavy atom. The molecule has 0 saturated carbocycles. The summed E-state index contributed by atoms with van der Waals surface area (Å²) in [5, 5.41) is 6.50. The van der Waals surface area contributed by atoms with Gasteiger partial charge in [-0.25, -0.2) is 0 Å². The van der Waals surface area contributed by atoms with E-state index in [1.165, 1.54) is 0 Å². The van der Waals surface area contributed by atoms with Crippen molar-refractivity contribution in [3.05, 3.63) is 70.2 Å². The second-order valence-electron chi connectivity index (χ2n) is 6.66. The molecular weight excluding hydrogens is 441 g/mol. The predicted octanol–water partition coefficient (Wildman–Crippen LogP) is 6.14. The van der Waals surface area contributed by atoms with Crippen LogP contribution >= 0.6 is 31.3 Å². The smallest absolute Gasteiger partial charge is 0.240 e. The lowest BCUT2D eigenvalue weighted by atomic mass is 10.1. The average Bonchev–Trinajstić information content (AvgIpc) is 3.17. The number of benzene rings is 2. The Kier molecular flexibility index (Phi) is 7.03. The van der Waals surface area contributed by atoms with Gasteiger partial charge in [-0.3, -0.25) is 4.79 Å². The van der Waals surface area contributed by atoms with E-state index in [-0.39, 0.29) is 5.91 Å². The summed E-state index contributed by atoms with van der Waals surface area (Å²) >= 11 is 7.81. The molecule has 1 saturated heterocycles. The maximum absolute atomic E-state index is 13.2. The third-order valence-electron chi connectivity index (χ3n) is 4.64. The molecule has 0 radical (unpaired) electrons. The van der Waals surface area contributed by atoms with E-state index in [1.807, 2.05) is 53.9 Å². The summed E-state index contributed by atoms with van der Waals surface area (Å²) in [6.07, 6.45) is 4.31. The largest absolute Gasteiger partial charge is 0.497 e. The van der Waals surface area contributed by atoms with E-state index in [9.17, 15) is 4.79 Å². The lowest BCUT2D eigenvalue weighted by Crippen LogP contribution is -2.26. The highest BCUT2D eigenvalue weighted by Gasteiger charge is 2.35. The normalized spacial score (nSPS) is 16.1. The molecule has 1 aromatic heterocycles. The number of carbonyl (C=O) groups is 1. The number of hydrogen-bond acceptors (Lipinski definition) is 5. The Labute approximate surface area is 185 Å². The van der Waals surface area contributed by atoms with E-state index in [0.29, 0.717) is 18.2 Å². The predicted molar refractivity (Wildman–Crippen MR) is 123 cm³/mol. The van der Waals surface area contributed by atoms with Gasteiger partial charge < -0.3 is 19.1 Å². The van der Waals surface area contributed by atoms with Gasteiger partial charge in [0.25, 0.3) is 0 Å². The monoisotopic (exact) mass is 461 g/mol. The number of ether oxygens (including phenoxy) is 1. The van der Waals surface area contributed by atoms with Gasteiger partial charge in [0.2, 0.25) is 5.91 Å². The molecule has 1 amide bonds. The van der Waals surface area contributed by atoms with E-state index >= 15 is 0 Å². The average molecular weight is 462 g/mol. The van der Waals surface area contributed by atoms with E-state index in [1.54, 1.807) is 24.6 Å². The molecule has 4 rings (SSSR count). The van der Waals surface area contributed by atoms with Gasteiger partial charge in [0.05, 0.1) is 20.3 Å². The molecule has 0 spiro atoms. The number of amides is 1. The van der Waals surface area contributed by atoms with Crippen LogP contribution in [-0.4, -0.2) is 26.2 Å². The molecule has 0 aliphatic carbocycles. The van der Waals surface area contributed by atoms with Gasteiger partial charge in [-0.05, 0) is 64.7 Å². The van der Waals surface area contributed by atoms with Gasteiger partial charge in [-0.1, -0.05) is 23.7 Å². The Morgan fingerprint density at radius 2 is 2.10 bits per heavy atom. The van der Waals surface area contributed by atoms with E-state index in [0.717, 1.165) is 33.4 Å². The molecule has 3 aromatic rings. The van der Waals surface area contributed by atoms with Crippen molar-refractivity contribution in [1.29, 1.82) is 0 Å². The molecule has 1 N–H and O–H groups in total. The fourth-order valence-corrected chi connectivity index (χ4v) is 6.12. The van der Waals surface area contributed by atoms with Crippen molar-refractivity contribution < 1.29 is 18.6 Å². The molecule has 1 fully saturated rings. The van der Waals surface area contributed by atoms with Crippen molar-refractivity contribution in [3.8, 4) is 5.75 Å². The molecule has 8 heteroatoms. The number of hydrogen-bond donors (Lipinski definition) is 1. The second kappa shape index (κ2) is 9.90. The first kappa shape index (κ1) is 21.3. The molecule has 1 aliphatic rings. The molecular formula is C22H21ClNO4PS. The third kappa shape index (κ3) is 4.85. The minimum Gasteiger partial charge on any atom is -0.497 e. The van der Waals surface area contributed by atoms with Gasteiger partial charge in [0.15, 0.2) is 8.38 Å². The second-order valence-corrected chi connectivity index (χ2v) is 9.61. The van der Waals surface area contributed by atoms with Crippen LogP contribution in [0.25, 0.3) is 16.2 Å². The number of methoxy groups -OCH3 is 1. The summed E-state index contributed by atoms with van der Waals surface area (Å²) in [7, 11) is 0.235. The van der Waals surface area contributed by atoms with Crippen LogP contribution < -0.4 is 10.1 Å². The van der Waals surface area contributed by atoms with Crippen LogP contribution in [-0.2, 0) is 13.8 Å². The zero-order chi connectivity index (χ0) is 20.9. The van der Waals surface area contributed by atoms with Crippen LogP contribution in [0, 0.1) is 0 Å². The summed E-state index contributed by atoms with van der Waals surface area (Å²) in [5.74, 6) is 0.595. The highest BCUT2D eigenvalue weighted by atomic mass is 35.5. The lowest BCUT2D eigenvalue weighted by molar-refractivity contribution is -0.120. The molecule has 156 valence electrons. The fourth-order valence-electron chi connectivity index (χ4n) is 3.18. The van der Waals surface area contributed by atoms with Crippen LogP contribution in [0.3, 0.4) is 0 Å². The van der Waals surface area contributed by atoms with Crippen LogP contribution in [0.15, 0.2) is 54.0 Å². The van der Waals surface area contributed by atoms with Crippen molar-refractivity contribution in [3.63, 3.8) is 0 Å². The topological polar surface area (TPSA) is 56.8 Å². The molecule has 1 aliphatic heterocycles. The van der Waals surface area contributed by atoms with Gasteiger partial charge in [-0.15, -0.1) is 11.3 Å². The Morgan fingerprint density at radius 1 is 1.27 bits per heavy atom. The summed E-state index contributed by atoms with van der Waals surface area (Å²) in [5.41, 5.74) is 1.27. The van der Waals surface area contributed by atoms with E-state index < -0.39 is 14.0 Å². The highest BCUT2D eigenvalue weighted by Crippen LogP contribution is 2.56. The number of halogens is 1. The van der Waals surface area contributed by atoms with Gasteiger partial charge in [-0.2, -0.15) is 0 Å². The maximum Gasteiger partial charge on any atom is 0.240 e. The van der Waals surface area contributed by atoms with Crippen LogP contribution in [0.4, 0.5) is 0 Å². The van der Waals surface area contributed by atoms with Crippen molar-refractivity contribution in [2.24, 2.45) is 0 Å². The molecule has 2 aromatic carbocycles. The number of thiophene rings is 1. The summed E-state index contributed by atoms with van der Waals surface area (Å²) < 4.78 is 18.1. The molecule has 2 heterocycles. The van der Waals surface area contributed by atoms with E-state index in [4.69, 9.17) is 25.4 Å².